The SMILES string of the molecule is O=C(c1cc2ccccc2oc1=O)N1CCN(c2ccccc2F)CC1. The highest BCUT2D eigenvalue weighted by Crippen LogP contribution is 2.21. The van der Waals surface area contributed by atoms with Crippen LogP contribution in [0.15, 0.2) is 63.8 Å². The molecule has 1 amide bonds. The molecule has 2 aromatic carbocycles. The van der Waals surface area contributed by atoms with Crippen molar-refractivity contribution in [3.8, 4) is 0 Å². The van der Waals surface area contributed by atoms with Crippen LogP contribution in [0.2, 0.25) is 0 Å². The number of amides is 1. The Morgan fingerprint density at radius 2 is 1.65 bits per heavy atom. The largest absolute Gasteiger partial charge is 0.422 e. The molecule has 1 aromatic heterocycles. The van der Waals surface area contributed by atoms with Gasteiger partial charge in [-0.15, -0.1) is 0 Å². The summed E-state index contributed by atoms with van der Waals surface area (Å²) in [6.45, 7) is 1.84. The summed E-state index contributed by atoms with van der Waals surface area (Å²) in [4.78, 5) is 28.4. The number of fused-ring (bicyclic) bond motifs is 1. The standard InChI is InChI=1S/C20H17FN2O3/c21-16-6-2-3-7-17(16)22-9-11-23(12-10-22)19(24)15-13-14-5-1-4-8-18(14)26-20(15)25/h1-8,13H,9-12H2. The Balaban J connectivity index is 1.53. The number of piperazine rings is 1. The average molecular weight is 352 g/mol. The molecule has 0 N–H and O–H groups in total. The summed E-state index contributed by atoms with van der Waals surface area (Å²) < 4.78 is 19.2. The lowest BCUT2D eigenvalue weighted by atomic mass is 10.1. The van der Waals surface area contributed by atoms with E-state index in [2.05, 4.69) is 0 Å². The minimum atomic E-state index is -0.634. The summed E-state index contributed by atoms with van der Waals surface area (Å²) in [6.07, 6.45) is 0. The molecular weight excluding hydrogens is 335 g/mol. The monoisotopic (exact) mass is 352 g/mol. The highest BCUT2D eigenvalue weighted by Gasteiger charge is 2.25. The van der Waals surface area contributed by atoms with Gasteiger partial charge in [0.1, 0.15) is 17.0 Å². The minimum absolute atomic E-state index is 0.0306. The fraction of sp³-hybridized carbons (Fsp3) is 0.200. The molecule has 0 unspecified atom stereocenters. The number of carbonyl (C=O) groups is 1. The van der Waals surface area contributed by atoms with E-state index < -0.39 is 5.63 Å². The third-order valence-electron chi connectivity index (χ3n) is 4.63. The first-order valence-corrected chi connectivity index (χ1v) is 8.45. The van der Waals surface area contributed by atoms with Crippen LogP contribution in [0.1, 0.15) is 10.4 Å². The van der Waals surface area contributed by atoms with Crippen molar-refractivity contribution >= 4 is 22.6 Å². The maximum atomic E-state index is 13.9. The topological polar surface area (TPSA) is 53.8 Å². The van der Waals surface area contributed by atoms with E-state index in [1.807, 2.05) is 11.0 Å². The summed E-state index contributed by atoms with van der Waals surface area (Å²) >= 11 is 0. The molecule has 2 heterocycles. The van der Waals surface area contributed by atoms with E-state index in [-0.39, 0.29) is 17.3 Å². The third kappa shape index (κ3) is 2.94. The van der Waals surface area contributed by atoms with Gasteiger partial charge in [0.2, 0.25) is 0 Å². The van der Waals surface area contributed by atoms with Gasteiger partial charge in [0.25, 0.3) is 5.91 Å². The number of nitrogens with zero attached hydrogens (tertiary/aromatic N) is 2. The van der Waals surface area contributed by atoms with Crippen molar-refractivity contribution in [3.63, 3.8) is 0 Å². The Bertz CT molecular complexity index is 1020. The van der Waals surface area contributed by atoms with Crippen molar-refractivity contribution in [2.75, 3.05) is 31.1 Å². The quantitative estimate of drug-likeness (QED) is 0.666. The predicted molar refractivity (Wildman–Crippen MR) is 97.0 cm³/mol. The Morgan fingerprint density at radius 3 is 2.42 bits per heavy atom. The van der Waals surface area contributed by atoms with Crippen molar-refractivity contribution in [1.82, 2.24) is 4.90 Å². The number of rotatable bonds is 2. The lowest BCUT2D eigenvalue weighted by Gasteiger charge is -2.36. The minimum Gasteiger partial charge on any atom is -0.422 e. The first-order valence-electron chi connectivity index (χ1n) is 8.45. The highest BCUT2D eigenvalue weighted by molar-refractivity contribution is 5.96. The van der Waals surface area contributed by atoms with E-state index in [0.29, 0.717) is 42.8 Å². The van der Waals surface area contributed by atoms with Crippen molar-refractivity contribution in [3.05, 3.63) is 76.4 Å². The van der Waals surface area contributed by atoms with Gasteiger partial charge in [-0.25, -0.2) is 9.18 Å². The van der Waals surface area contributed by atoms with Crippen LogP contribution in [0.5, 0.6) is 0 Å². The van der Waals surface area contributed by atoms with Crippen molar-refractivity contribution in [2.24, 2.45) is 0 Å². The second-order valence-electron chi connectivity index (χ2n) is 6.22. The molecule has 0 aliphatic carbocycles. The summed E-state index contributed by atoms with van der Waals surface area (Å²) in [6, 6.07) is 15.3. The highest BCUT2D eigenvalue weighted by atomic mass is 19.1. The summed E-state index contributed by atoms with van der Waals surface area (Å²) in [5.74, 6) is -0.625. The maximum absolute atomic E-state index is 13.9. The van der Waals surface area contributed by atoms with Gasteiger partial charge in [0.15, 0.2) is 0 Å². The van der Waals surface area contributed by atoms with E-state index in [1.54, 1.807) is 47.4 Å². The Labute approximate surface area is 149 Å². The Morgan fingerprint density at radius 1 is 0.962 bits per heavy atom. The lowest BCUT2D eigenvalue weighted by Crippen LogP contribution is -2.49. The second-order valence-corrected chi connectivity index (χ2v) is 6.22. The average Bonchev–Trinajstić information content (AvgIpc) is 2.67. The molecule has 0 bridgehead atoms. The van der Waals surface area contributed by atoms with Crippen LogP contribution in [0, 0.1) is 5.82 Å². The molecule has 6 heteroatoms. The summed E-state index contributed by atoms with van der Waals surface area (Å²) in [5, 5.41) is 0.709. The molecule has 1 fully saturated rings. The van der Waals surface area contributed by atoms with Crippen LogP contribution in [0.4, 0.5) is 10.1 Å². The van der Waals surface area contributed by atoms with Crippen LogP contribution in [0.25, 0.3) is 11.0 Å². The van der Waals surface area contributed by atoms with Crippen LogP contribution < -0.4 is 10.5 Å². The number of halogens is 1. The molecule has 5 nitrogen and oxygen atoms in total. The zero-order valence-corrected chi connectivity index (χ0v) is 14.0. The van der Waals surface area contributed by atoms with E-state index >= 15 is 0 Å². The van der Waals surface area contributed by atoms with Gasteiger partial charge in [-0.05, 0) is 24.3 Å². The number of hydrogen-bond donors (Lipinski definition) is 0. The molecule has 0 radical (unpaired) electrons. The smallest absolute Gasteiger partial charge is 0.349 e. The third-order valence-corrected chi connectivity index (χ3v) is 4.63. The van der Waals surface area contributed by atoms with Crippen LogP contribution >= 0.6 is 0 Å². The predicted octanol–water partition coefficient (Wildman–Crippen LogP) is 2.89. The first-order chi connectivity index (χ1) is 12.6. The van der Waals surface area contributed by atoms with Gasteiger partial charge in [0, 0.05) is 31.6 Å². The first kappa shape index (κ1) is 16.3. The number of hydrogen-bond acceptors (Lipinski definition) is 4. The van der Waals surface area contributed by atoms with Crippen molar-refractivity contribution in [2.45, 2.75) is 0 Å². The van der Waals surface area contributed by atoms with E-state index in [9.17, 15) is 14.0 Å². The zero-order valence-electron chi connectivity index (χ0n) is 14.0. The van der Waals surface area contributed by atoms with E-state index in [0.717, 1.165) is 0 Å². The normalized spacial score (nSPS) is 14.7. The summed E-state index contributed by atoms with van der Waals surface area (Å²) in [7, 11) is 0. The molecule has 132 valence electrons. The van der Waals surface area contributed by atoms with Gasteiger partial charge in [-0.2, -0.15) is 0 Å². The van der Waals surface area contributed by atoms with Crippen molar-refractivity contribution < 1.29 is 13.6 Å². The fourth-order valence-corrected chi connectivity index (χ4v) is 3.24. The molecule has 3 aromatic rings. The molecule has 0 spiro atoms. The van der Waals surface area contributed by atoms with Crippen LogP contribution in [0.3, 0.4) is 0 Å². The van der Waals surface area contributed by atoms with Gasteiger partial charge < -0.3 is 14.2 Å². The zero-order chi connectivity index (χ0) is 18.1. The molecule has 4 rings (SSSR count). The van der Waals surface area contributed by atoms with Gasteiger partial charge in [-0.1, -0.05) is 30.3 Å². The van der Waals surface area contributed by atoms with E-state index in [4.69, 9.17) is 4.42 Å². The number of benzene rings is 2. The molecular formula is C20H17FN2O3. The van der Waals surface area contributed by atoms with E-state index in [1.165, 1.54) is 6.07 Å². The Hall–Kier alpha value is -3.15. The van der Waals surface area contributed by atoms with Crippen molar-refractivity contribution in [1.29, 1.82) is 0 Å². The van der Waals surface area contributed by atoms with Gasteiger partial charge in [0.05, 0.1) is 5.69 Å². The molecule has 26 heavy (non-hydrogen) atoms. The molecule has 0 saturated carbocycles. The number of anilines is 1. The van der Waals surface area contributed by atoms with Crippen LogP contribution in [-0.2, 0) is 0 Å². The second kappa shape index (κ2) is 6.63. The number of para-hydroxylation sites is 2. The van der Waals surface area contributed by atoms with Gasteiger partial charge in [-0.3, -0.25) is 4.79 Å². The summed E-state index contributed by atoms with van der Waals surface area (Å²) in [5.41, 5.74) is 0.386. The molecule has 1 saturated heterocycles. The fourth-order valence-electron chi connectivity index (χ4n) is 3.24. The Kier molecular flexibility index (Phi) is 4.16. The number of carbonyl (C=O) groups excluding carboxylic acids is 1. The molecule has 1 aliphatic heterocycles. The molecule has 1 aliphatic rings. The lowest BCUT2D eigenvalue weighted by molar-refractivity contribution is 0.0742. The molecule has 0 atom stereocenters. The van der Waals surface area contributed by atoms with Crippen LogP contribution in [-0.4, -0.2) is 37.0 Å². The maximum Gasteiger partial charge on any atom is 0.349 e. The van der Waals surface area contributed by atoms with Gasteiger partial charge >= 0.3 is 5.63 Å².